The molecule has 112 valence electrons. The van der Waals surface area contributed by atoms with Crippen LogP contribution in [0.2, 0.25) is 0 Å². The minimum atomic E-state index is -0.848. The lowest BCUT2D eigenvalue weighted by molar-refractivity contribution is -0.171. The van der Waals surface area contributed by atoms with Gasteiger partial charge in [-0.15, -0.1) is 0 Å². The van der Waals surface area contributed by atoms with E-state index in [1.54, 1.807) is 0 Å². The largest absolute Gasteiger partial charge is 0.378 e. The number of ether oxygens (including phenoxy) is 2. The normalized spacial score (nSPS) is 30.5. The molecule has 3 N–H and O–H groups in total. The lowest BCUT2D eigenvalue weighted by Gasteiger charge is -2.57. The Morgan fingerprint density at radius 3 is 2.53 bits per heavy atom. The van der Waals surface area contributed by atoms with Crippen molar-refractivity contribution >= 4 is 5.91 Å². The molecule has 1 aliphatic carbocycles. The summed E-state index contributed by atoms with van der Waals surface area (Å²) in [5.41, 5.74) is 5.08. The highest BCUT2D eigenvalue weighted by atomic mass is 16.5. The molecule has 0 aromatic rings. The van der Waals surface area contributed by atoms with Crippen molar-refractivity contribution in [2.24, 2.45) is 11.1 Å². The molecular weight excluding hydrogens is 244 g/mol. The third kappa shape index (κ3) is 3.09. The van der Waals surface area contributed by atoms with Crippen LogP contribution in [0.4, 0.5) is 0 Å². The Morgan fingerprint density at radius 1 is 1.42 bits per heavy atom. The summed E-state index contributed by atoms with van der Waals surface area (Å²) in [7, 11) is 0. The number of rotatable bonds is 7. The van der Waals surface area contributed by atoms with Gasteiger partial charge in [-0.25, -0.2) is 0 Å². The molecule has 0 aromatic carbocycles. The van der Waals surface area contributed by atoms with Gasteiger partial charge in [0.1, 0.15) is 5.54 Å². The van der Waals surface area contributed by atoms with Crippen molar-refractivity contribution in [3.8, 4) is 0 Å². The number of nitrogens with one attached hydrogen (secondary N) is 1. The maximum atomic E-state index is 12.3. The van der Waals surface area contributed by atoms with Gasteiger partial charge in [-0.05, 0) is 20.8 Å². The Kier molecular flexibility index (Phi) is 5.35. The van der Waals surface area contributed by atoms with Crippen LogP contribution in [-0.2, 0) is 14.3 Å². The zero-order chi connectivity index (χ0) is 14.7. The summed E-state index contributed by atoms with van der Waals surface area (Å²) >= 11 is 0. The van der Waals surface area contributed by atoms with E-state index in [0.717, 1.165) is 0 Å². The first kappa shape index (κ1) is 16.4. The first-order valence-corrected chi connectivity index (χ1v) is 7.10. The molecule has 0 radical (unpaired) electrons. The van der Waals surface area contributed by atoms with Crippen LogP contribution in [-0.4, -0.2) is 43.4 Å². The molecule has 3 unspecified atom stereocenters. The first-order valence-electron chi connectivity index (χ1n) is 7.10. The molecule has 0 heterocycles. The predicted octanol–water partition coefficient (Wildman–Crippen LogP) is 1.06. The average Bonchev–Trinajstić information content (AvgIpc) is 2.35. The van der Waals surface area contributed by atoms with Gasteiger partial charge in [-0.1, -0.05) is 13.8 Å². The maximum absolute atomic E-state index is 12.3. The summed E-state index contributed by atoms with van der Waals surface area (Å²) in [6, 6.07) is 0. The lowest BCUT2D eigenvalue weighted by atomic mass is 9.54. The van der Waals surface area contributed by atoms with E-state index in [4.69, 9.17) is 15.2 Å². The zero-order valence-corrected chi connectivity index (χ0v) is 12.8. The van der Waals surface area contributed by atoms with Gasteiger partial charge in [0.2, 0.25) is 5.91 Å². The summed E-state index contributed by atoms with van der Waals surface area (Å²) in [4.78, 5) is 12.3. The van der Waals surface area contributed by atoms with Crippen LogP contribution in [0.1, 0.15) is 41.0 Å². The van der Waals surface area contributed by atoms with Gasteiger partial charge in [0.05, 0.1) is 12.2 Å². The number of hydrogen-bond acceptors (Lipinski definition) is 4. The van der Waals surface area contributed by atoms with Crippen molar-refractivity contribution in [3.05, 3.63) is 0 Å². The molecule has 0 aromatic heterocycles. The molecular formula is C14H28N2O3. The van der Waals surface area contributed by atoms with Crippen LogP contribution in [0.15, 0.2) is 0 Å². The third-order valence-corrected chi connectivity index (χ3v) is 4.24. The van der Waals surface area contributed by atoms with Crippen molar-refractivity contribution in [3.63, 3.8) is 0 Å². The predicted molar refractivity (Wildman–Crippen MR) is 74.8 cm³/mol. The summed E-state index contributed by atoms with van der Waals surface area (Å²) < 4.78 is 11.0. The molecule has 1 saturated carbocycles. The molecule has 0 bridgehead atoms. The van der Waals surface area contributed by atoms with E-state index < -0.39 is 5.54 Å². The van der Waals surface area contributed by atoms with Crippen LogP contribution < -0.4 is 11.1 Å². The average molecular weight is 272 g/mol. The number of amides is 1. The van der Waals surface area contributed by atoms with Gasteiger partial charge in [-0.3, -0.25) is 4.79 Å². The van der Waals surface area contributed by atoms with Gasteiger partial charge in [0.15, 0.2) is 0 Å². The van der Waals surface area contributed by atoms with Gasteiger partial charge >= 0.3 is 0 Å². The summed E-state index contributed by atoms with van der Waals surface area (Å²) in [5.74, 6) is -0.111. The molecule has 1 amide bonds. The minimum Gasteiger partial charge on any atom is -0.378 e. The quantitative estimate of drug-likeness (QED) is 0.727. The fourth-order valence-corrected chi connectivity index (χ4v) is 2.56. The number of hydrogen-bond donors (Lipinski definition) is 2. The molecule has 1 fully saturated rings. The molecule has 3 atom stereocenters. The summed E-state index contributed by atoms with van der Waals surface area (Å²) in [6.07, 6.45) is 0.629. The maximum Gasteiger partial charge on any atom is 0.240 e. The van der Waals surface area contributed by atoms with Crippen LogP contribution >= 0.6 is 0 Å². The SMILES string of the molecule is CCOC(C)CNC(=O)C1(N)CC(OCC)C1(C)C. The second kappa shape index (κ2) is 6.20. The van der Waals surface area contributed by atoms with Gasteiger partial charge < -0.3 is 20.5 Å². The van der Waals surface area contributed by atoms with E-state index in [9.17, 15) is 4.79 Å². The Balaban J connectivity index is 2.53. The van der Waals surface area contributed by atoms with Crippen molar-refractivity contribution in [2.75, 3.05) is 19.8 Å². The second-order valence-electron chi connectivity index (χ2n) is 5.82. The molecule has 1 rings (SSSR count). The molecule has 1 aliphatic rings. The van der Waals surface area contributed by atoms with Crippen LogP contribution in [0, 0.1) is 5.41 Å². The highest BCUT2D eigenvalue weighted by Gasteiger charge is 2.62. The molecule has 5 nitrogen and oxygen atoms in total. The fourth-order valence-electron chi connectivity index (χ4n) is 2.56. The lowest BCUT2D eigenvalue weighted by Crippen LogP contribution is -2.76. The Morgan fingerprint density at radius 2 is 2.05 bits per heavy atom. The van der Waals surface area contributed by atoms with E-state index in [1.165, 1.54) is 0 Å². The fraction of sp³-hybridized carbons (Fsp3) is 0.929. The Labute approximate surface area is 116 Å². The van der Waals surface area contributed by atoms with Crippen molar-refractivity contribution in [1.29, 1.82) is 0 Å². The molecule has 0 spiro atoms. The standard InChI is InChI=1S/C14H28N2O3/c1-6-18-10(3)9-16-12(17)14(15)8-11(19-7-2)13(14,4)5/h10-11H,6-9,15H2,1-5H3,(H,16,17). The van der Waals surface area contributed by atoms with Crippen molar-refractivity contribution < 1.29 is 14.3 Å². The summed E-state index contributed by atoms with van der Waals surface area (Å²) in [6.45, 7) is 11.6. The number of carbonyl (C=O) groups excluding carboxylic acids is 1. The van der Waals surface area contributed by atoms with E-state index in [-0.39, 0.29) is 23.5 Å². The molecule has 5 heteroatoms. The zero-order valence-electron chi connectivity index (χ0n) is 12.8. The van der Waals surface area contributed by atoms with Crippen molar-refractivity contribution in [1.82, 2.24) is 5.32 Å². The number of carbonyl (C=O) groups is 1. The van der Waals surface area contributed by atoms with Gasteiger partial charge in [0, 0.05) is 31.6 Å². The highest BCUT2D eigenvalue weighted by Crippen LogP contribution is 2.49. The van der Waals surface area contributed by atoms with E-state index in [1.807, 2.05) is 34.6 Å². The number of nitrogens with two attached hydrogens (primary N) is 1. The third-order valence-electron chi connectivity index (χ3n) is 4.24. The van der Waals surface area contributed by atoms with E-state index in [0.29, 0.717) is 26.2 Å². The van der Waals surface area contributed by atoms with Crippen LogP contribution in [0.3, 0.4) is 0 Å². The van der Waals surface area contributed by atoms with E-state index >= 15 is 0 Å². The smallest absolute Gasteiger partial charge is 0.240 e. The monoisotopic (exact) mass is 272 g/mol. The highest BCUT2D eigenvalue weighted by molar-refractivity contribution is 5.88. The molecule has 0 aliphatic heterocycles. The van der Waals surface area contributed by atoms with Crippen LogP contribution in [0.5, 0.6) is 0 Å². The topological polar surface area (TPSA) is 73.6 Å². The summed E-state index contributed by atoms with van der Waals surface area (Å²) in [5, 5.41) is 2.88. The Hall–Kier alpha value is -0.650. The van der Waals surface area contributed by atoms with Crippen LogP contribution in [0.25, 0.3) is 0 Å². The van der Waals surface area contributed by atoms with Gasteiger partial charge in [0.25, 0.3) is 0 Å². The minimum absolute atomic E-state index is 0.00317. The van der Waals surface area contributed by atoms with E-state index in [2.05, 4.69) is 5.32 Å². The van der Waals surface area contributed by atoms with Gasteiger partial charge in [-0.2, -0.15) is 0 Å². The van der Waals surface area contributed by atoms with Crippen molar-refractivity contribution in [2.45, 2.75) is 58.8 Å². The second-order valence-corrected chi connectivity index (χ2v) is 5.82. The Bertz CT molecular complexity index is 320. The molecule has 19 heavy (non-hydrogen) atoms. The first-order chi connectivity index (χ1) is 8.79. The molecule has 0 saturated heterocycles.